The van der Waals surface area contributed by atoms with Crippen LogP contribution in [0.2, 0.25) is 0 Å². The highest BCUT2D eigenvalue weighted by Crippen LogP contribution is 2.20. The average molecular weight is 148 g/mol. The summed E-state index contributed by atoms with van der Waals surface area (Å²) in [5.74, 6) is 0. The number of nitrogens with zero attached hydrogens (tertiary/aromatic N) is 1. The van der Waals surface area contributed by atoms with Crippen molar-refractivity contribution in [2.75, 3.05) is 7.05 Å². The largest absolute Gasteiger partial charge is 0.288 e. The van der Waals surface area contributed by atoms with Crippen molar-refractivity contribution in [2.45, 2.75) is 20.8 Å². The van der Waals surface area contributed by atoms with Crippen LogP contribution in [0.3, 0.4) is 0 Å². The van der Waals surface area contributed by atoms with E-state index in [2.05, 4.69) is 38.2 Å². The molecule has 0 saturated heterocycles. The van der Waals surface area contributed by atoms with Gasteiger partial charge in [-0.25, -0.2) is 0 Å². The smallest absolute Gasteiger partial charge is 0.0629 e. The van der Waals surface area contributed by atoms with Gasteiger partial charge in [0.1, 0.15) is 0 Å². The summed E-state index contributed by atoms with van der Waals surface area (Å²) in [7, 11) is 1.84. The third kappa shape index (κ3) is 1.53. The van der Waals surface area contributed by atoms with E-state index in [9.17, 15) is 0 Å². The molecular formula is C10H14N. The molecule has 59 valence electrons. The van der Waals surface area contributed by atoms with Gasteiger partial charge in [0.05, 0.1) is 5.69 Å². The molecule has 0 heterocycles. The predicted octanol–water partition coefficient (Wildman–Crippen LogP) is 2.48. The summed E-state index contributed by atoms with van der Waals surface area (Å²) in [5.41, 5.74) is 4.98. The molecule has 1 rings (SSSR count). The van der Waals surface area contributed by atoms with Crippen LogP contribution in [0.5, 0.6) is 0 Å². The minimum Gasteiger partial charge on any atom is -0.288 e. The van der Waals surface area contributed by atoms with Crippen LogP contribution >= 0.6 is 0 Å². The second kappa shape index (κ2) is 2.95. The van der Waals surface area contributed by atoms with Gasteiger partial charge in [-0.05, 0) is 31.9 Å². The fraction of sp³-hybridized carbons (Fsp3) is 0.400. The fourth-order valence-corrected chi connectivity index (χ4v) is 1.53. The van der Waals surface area contributed by atoms with Crippen molar-refractivity contribution in [3.05, 3.63) is 28.8 Å². The SMILES string of the molecule is C[N]c1c(C)cc(C)cc1C. The normalized spacial score (nSPS) is 9.82. The van der Waals surface area contributed by atoms with Crippen molar-refractivity contribution >= 4 is 5.69 Å². The van der Waals surface area contributed by atoms with Gasteiger partial charge in [-0.1, -0.05) is 17.7 Å². The molecule has 1 nitrogen and oxygen atoms in total. The molecule has 0 aliphatic heterocycles. The van der Waals surface area contributed by atoms with E-state index >= 15 is 0 Å². The Bertz CT molecular complexity index is 241. The van der Waals surface area contributed by atoms with Gasteiger partial charge < -0.3 is 0 Å². The van der Waals surface area contributed by atoms with Crippen LogP contribution in [0.1, 0.15) is 16.7 Å². The Morgan fingerprint density at radius 3 is 1.82 bits per heavy atom. The zero-order chi connectivity index (χ0) is 8.43. The molecule has 1 radical (unpaired) electrons. The lowest BCUT2D eigenvalue weighted by molar-refractivity contribution is 1.05. The van der Waals surface area contributed by atoms with Crippen molar-refractivity contribution in [1.82, 2.24) is 5.32 Å². The molecule has 0 N–H and O–H groups in total. The van der Waals surface area contributed by atoms with Crippen LogP contribution in [0.15, 0.2) is 12.1 Å². The van der Waals surface area contributed by atoms with Crippen LogP contribution in [0.25, 0.3) is 0 Å². The Morgan fingerprint density at radius 1 is 1.00 bits per heavy atom. The maximum absolute atomic E-state index is 4.21. The van der Waals surface area contributed by atoms with E-state index in [1.807, 2.05) is 7.05 Å². The second-order valence-electron chi connectivity index (χ2n) is 2.97. The predicted molar refractivity (Wildman–Crippen MR) is 48.4 cm³/mol. The number of benzene rings is 1. The number of aryl methyl sites for hydroxylation is 3. The minimum atomic E-state index is 1.13. The first kappa shape index (κ1) is 8.12. The zero-order valence-electron chi connectivity index (χ0n) is 7.60. The van der Waals surface area contributed by atoms with E-state index in [0.717, 1.165) is 5.69 Å². The number of hydrogen-bond acceptors (Lipinski definition) is 0. The maximum Gasteiger partial charge on any atom is 0.0629 e. The maximum atomic E-state index is 4.21. The van der Waals surface area contributed by atoms with E-state index in [1.54, 1.807) is 0 Å². The highest BCUT2D eigenvalue weighted by atomic mass is 14.8. The summed E-state index contributed by atoms with van der Waals surface area (Å²) < 4.78 is 0. The van der Waals surface area contributed by atoms with Gasteiger partial charge in [-0.3, -0.25) is 5.32 Å². The first-order valence-corrected chi connectivity index (χ1v) is 3.83. The van der Waals surface area contributed by atoms with Gasteiger partial charge in [0.25, 0.3) is 0 Å². The van der Waals surface area contributed by atoms with Gasteiger partial charge >= 0.3 is 0 Å². The molecule has 0 spiro atoms. The molecule has 0 saturated carbocycles. The highest BCUT2D eigenvalue weighted by molar-refractivity contribution is 5.52. The summed E-state index contributed by atoms with van der Waals surface area (Å²) in [5, 5.41) is 4.21. The summed E-state index contributed by atoms with van der Waals surface area (Å²) in [6, 6.07) is 4.32. The highest BCUT2D eigenvalue weighted by Gasteiger charge is 2.00. The zero-order valence-corrected chi connectivity index (χ0v) is 7.60. The lowest BCUT2D eigenvalue weighted by Gasteiger charge is -2.07. The van der Waals surface area contributed by atoms with Gasteiger partial charge in [0, 0.05) is 7.05 Å². The molecule has 11 heavy (non-hydrogen) atoms. The lowest BCUT2D eigenvalue weighted by atomic mass is 10.1. The first-order chi connectivity index (χ1) is 5.15. The molecule has 0 aromatic heterocycles. The van der Waals surface area contributed by atoms with Gasteiger partial charge in [0.15, 0.2) is 0 Å². The lowest BCUT2D eigenvalue weighted by Crippen LogP contribution is -1.94. The van der Waals surface area contributed by atoms with E-state index in [1.165, 1.54) is 16.7 Å². The average Bonchev–Trinajstić information content (AvgIpc) is 1.85. The molecule has 0 atom stereocenters. The Balaban J connectivity index is 3.25. The van der Waals surface area contributed by atoms with Crippen molar-refractivity contribution in [3.8, 4) is 0 Å². The Hall–Kier alpha value is -0.980. The summed E-state index contributed by atoms with van der Waals surface area (Å²) in [4.78, 5) is 0. The van der Waals surface area contributed by atoms with Crippen LogP contribution in [-0.4, -0.2) is 7.05 Å². The van der Waals surface area contributed by atoms with E-state index < -0.39 is 0 Å². The first-order valence-electron chi connectivity index (χ1n) is 3.83. The van der Waals surface area contributed by atoms with Crippen LogP contribution in [0, 0.1) is 20.8 Å². The van der Waals surface area contributed by atoms with Crippen molar-refractivity contribution < 1.29 is 0 Å². The Morgan fingerprint density at radius 2 is 1.45 bits per heavy atom. The van der Waals surface area contributed by atoms with Crippen LogP contribution in [0.4, 0.5) is 5.69 Å². The molecule has 0 aliphatic rings. The summed E-state index contributed by atoms with van der Waals surface area (Å²) >= 11 is 0. The van der Waals surface area contributed by atoms with Crippen LogP contribution < -0.4 is 5.32 Å². The third-order valence-electron chi connectivity index (χ3n) is 1.86. The topological polar surface area (TPSA) is 14.1 Å². The minimum absolute atomic E-state index is 1.13. The molecule has 1 heteroatoms. The van der Waals surface area contributed by atoms with Crippen molar-refractivity contribution in [1.29, 1.82) is 0 Å². The standard InChI is InChI=1S/C10H14N/c1-7-5-8(2)10(11-4)9(3)6-7/h5-6H,1-4H3. The molecule has 0 amide bonds. The van der Waals surface area contributed by atoms with Gasteiger partial charge in [-0.15, -0.1) is 0 Å². The molecule has 0 fully saturated rings. The monoisotopic (exact) mass is 148 g/mol. The third-order valence-corrected chi connectivity index (χ3v) is 1.86. The van der Waals surface area contributed by atoms with Gasteiger partial charge in [0.2, 0.25) is 0 Å². The van der Waals surface area contributed by atoms with Crippen LogP contribution in [-0.2, 0) is 0 Å². The number of hydrogen-bond donors (Lipinski definition) is 0. The quantitative estimate of drug-likeness (QED) is 0.581. The van der Waals surface area contributed by atoms with E-state index in [0.29, 0.717) is 0 Å². The van der Waals surface area contributed by atoms with E-state index in [-0.39, 0.29) is 0 Å². The molecular weight excluding hydrogens is 134 g/mol. The molecule has 1 aromatic rings. The Kier molecular flexibility index (Phi) is 2.18. The fourth-order valence-electron chi connectivity index (χ4n) is 1.53. The summed E-state index contributed by atoms with van der Waals surface area (Å²) in [6.45, 7) is 6.31. The van der Waals surface area contributed by atoms with Crippen molar-refractivity contribution in [3.63, 3.8) is 0 Å². The van der Waals surface area contributed by atoms with Crippen molar-refractivity contribution in [2.24, 2.45) is 0 Å². The molecule has 0 bridgehead atoms. The molecule has 0 unspecified atom stereocenters. The second-order valence-corrected chi connectivity index (χ2v) is 2.97. The van der Waals surface area contributed by atoms with Gasteiger partial charge in [-0.2, -0.15) is 0 Å². The summed E-state index contributed by atoms with van der Waals surface area (Å²) in [6.07, 6.45) is 0. The van der Waals surface area contributed by atoms with E-state index in [4.69, 9.17) is 0 Å². The molecule has 0 aliphatic carbocycles. The molecule has 1 aromatic carbocycles. The Labute approximate surface area is 68.4 Å². The number of rotatable bonds is 1.